The zero-order valence-corrected chi connectivity index (χ0v) is 11.2. The molecule has 6 heteroatoms. The Morgan fingerprint density at radius 3 is 2.62 bits per heavy atom. The Balaban J connectivity index is 2.67. The van der Waals surface area contributed by atoms with Gasteiger partial charge in [0.1, 0.15) is 5.15 Å². The quantitative estimate of drug-likeness (QED) is 0.824. The van der Waals surface area contributed by atoms with E-state index in [1.54, 1.807) is 16.8 Å². The first-order valence-electron chi connectivity index (χ1n) is 4.65. The second kappa shape index (κ2) is 4.07. The van der Waals surface area contributed by atoms with E-state index in [2.05, 4.69) is 26.0 Å². The van der Waals surface area contributed by atoms with Gasteiger partial charge in [-0.05, 0) is 41.9 Å². The van der Waals surface area contributed by atoms with Crippen molar-refractivity contribution >= 4 is 33.2 Å². The first-order chi connectivity index (χ1) is 7.50. The summed E-state index contributed by atoms with van der Waals surface area (Å²) >= 11 is 9.30. The highest BCUT2D eigenvalue weighted by molar-refractivity contribution is 9.10. The molecule has 2 aromatic heterocycles. The standard InChI is InChI=1S/C10H10BrClN4/c1-5-9(11)6(2)16(15-5)10-7(13)3-4-8(12)14-10/h3-4H,13H2,1-2H3. The van der Waals surface area contributed by atoms with Crippen LogP contribution in [0.25, 0.3) is 5.82 Å². The molecule has 4 nitrogen and oxygen atoms in total. The molecular formula is C10H10BrClN4. The second-order valence-electron chi connectivity index (χ2n) is 3.44. The molecular weight excluding hydrogens is 291 g/mol. The normalized spacial score (nSPS) is 10.8. The number of halogens is 2. The summed E-state index contributed by atoms with van der Waals surface area (Å²) < 4.78 is 2.63. The van der Waals surface area contributed by atoms with E-state index in [0.29, 0.717) is 16.7 Å². The zero-order chi connectivity index (χ0) is 11.9. The van der Waals surface area contributed by atoms with E-state index in [0.717, 1.165) is 15.9 Å². The molecule has 0 spiro atoms. The van der Waals surface area contributed by atoms with Crippen molar-refractivity contribution in [1.29, 1.82) is 0 Å². The smallest absolute Gasteiger partial charge is 0.178 e. The first kappa shape index (κ1) is 11.4. The van der Waals surface area contributed by atoms with Gasteiger partial charge < -0.3 is 5.73 Å². The fourth-order valence-electron chi connectivity index (χ4n) is 1.44. The monoisotopic (exact) mass is 300 g/mol. The molecule has 2 heterocycles. The van der Waals surface area contributed by atoms with Crippen LogP contribution in [0.1, 0.15) is 11.4 Å². The zero-order valence-electron chi connectivity index (χ0n) is 8.83. The fourth-order valence-corrected chi connectivity index (χ4v) is 1.83. The Kier molecular flexibility index (Phi) is 2.90. The lowest BCUT2D eigenvalue weighted by atomic mass is 10.3. The Hall–Kier alpha value is -1.07. The van der Waals surface area contributed by atoms with Crippen LogP contribution in [-0.2, 0) is 0 Å². The summed E-state index contributed by atoms with van der Waals surface area (Å²) in [5.74, 6) is 0.554. The highest BCUT2D eigenvalue weighted by Crippen LogP contribution is 2.25. The van der Waals surface area contributed by atoms with E-state index in [1.807, 2.05) is 13.8 Å². The molecule has 0 saturated heterocycles. The fraction of sp³-hybridized carbons (Fsp3) is 0.200. The van der Waals surface area contributed by atoms with Crippen LogP contribution in [0, 0.1) is 13.8 Å². The summed E-state index contributed by atoms with van der Waals surface area (Å²) in [4.78, 5) is 4.18. The van der Waals surface area contributed by atoms with Crippen LogP contribution in [0.15, 0.2) is 16.6 Å². The highest BCUT2D eigenvalue weighted by atomic mass is 79.9. The van der Waals surface area contributed by atoms with E-state index < -0.39 is 0 Å². The number of hydrogen-bond donors (Lipinski definition) is 1. The molecule has 84 valence electrons. The lowest BCUT2D eigenvalue weighted by molar-refractivity contribution is 0.808. The van der Waals surface area contributed by atoms with Crippen molar-refractivity contribution in [3.63, 3.8) is 0 Å². The van der Waals surface area contributed by atoms with E-state index >= 15 is 0 Å². The topological polar surface area (TPSA) is 56.7 Å². The van der Waals surface area contributed by atoms with Crippen molar-refractivity contribution < 1.29 is 0 Å². The minimum atomic E-state index is 0.396. The molecule has 0 atom stereocenters. The van der Waals surface area contributed by atoms with Gasteiger partial charge in [0.15, 0.2) is 5.82 Å². The van der Waals surface area contributed by atoms with Gasteiger partial charge in [-0.3, -0.25) is 0 Å². The predicted molar refractivity (Wildman–Crippen MR) is 68.0 cm³/mol. The van der Waals surface area contributed by atoms with Crippen LogP contribution in [0.2, 0.25) is 5.15 Å². The van der Waals surface area contributed by atoms with Gasteiger partial charge >= 0.3 is 0 Å². The lowest BCUT2D eigenvalue weighted by Gasteiger charge is -2.06. The third-order valence-electron chi connectivity index (χ3n) is 2.27. The maximum atomic E-state index is 5.85. The Morgan fingerprint density at radius 2 is 2.06 bits per heavy atom. The van der Waals surface area contributed by atoms with Gasteiger partial charge in [0.2, 0.25) is 0 Å². The molecule has 0 aliphatic carbocycles. The van der Waals surface area contributed by atoms with Crippen LogP contribution in [-0.4, -0.2) is 14.8 Å². The molecule has 0 saturated carbocycles. The summed E-state index contributed by atoms with van der Waals surface area (Å²) in [6, 6.07) is 3.37. The third kappa shape index (κ3) is 1.81. The van der Waals surface area contributed by atoms with Gasteiger partial charge in [-0.25, -0.2) is 9.67 Å². The first-order valence-corrected chi connectivity index (χ1v) is 5.82. The SMILES string of the molecule is Cc1nn(-c2nc(Cl)ccc2N)c(C)c1Br. The number of pyridine rings is 1. The van der Waals surface area contributed by atoms with Crippen LogP contribution in [0.4, 0.5) is 5.69 Å². The predicted octanol–water partition coefficient (Wildman–Crippen LogP) is 2.88. The Morgan fingerprint density at radius 1 is 1.38 bits per heavy atom. The third-order valence-corrected chi connectivity index (χ3v) is 3.63. The summed E-state index contributed by atoms with van der Waals surface area (Å²) in [5, 5.41) is 4.75. The summed E-state index contributed by atoms with van der Waals surface area (Å²) in [7, 11) is 0. The molecule has 2 aromatic rings. The average molecular weight is 302 g/mol. The number of anilines is 1. The van der Waals surface area contributed by atoms with Gasteiger partial charge in [0, 0.05) is 0 Å². The molecule has 0 unspecified atom stereocenters. The van der Waals surface area contributed by atoms with Gasteiger partial charge in [0.25, 0.3) is 0 Å². The van der Waals surface area contributed by atoms with Crippen molar-refractivity contribution in [1.82, 2.24) is 14.8 Å². The number of rotatable bonds is 1. The largest absolute Gasteiger partial charge is 0.396 e. The van der Waals surface area contributed by atoms with E-state index in [9.17, 15) is 0 Å². The Labute approximate surface area is 107 Å². The van der Waals surface area contributed by atoms with Crippen LogP contribution in [0.5, 0.6) is 0 Å². The maximum Gasteiger partial charge on any atom is 0.178 e. The second-order valence-corrected chi connectivity index (χ2v) is 4.62. The summed E-state index contributed by atoms with van der Waals surface area (Å²) in [6.45, 7) is 3.85. The van der Waals surface area contributed by atoms with Crippen LogP contribution >= 0.6 is 27.5 Å². The molecule has 0 amide bonds. The number of hydrogen-bond acceptors (Lipinski definition) is 3. The van der Waals surface area contributed by atoms with Gasteiger partial charge in [0.05, 0.1) is 21.5 Å². The van der Waals surface area contributed by atoms with Crippen LogP contribution in [0.3, 0.4) is 0 Å². The lowest BCUT2D eigenvalue weighted by Crippen LogP contribution is -2.06. The summed E-state index contributed by atoms with van der Waals surface area (Å²) in [5.41, 5.74) is 8.23. The molecule has 0 aliphatic rings. The van der Waals surface area contributed by atoms with Gasteiger partial charge in [-0.2, -0.15) is 5.10 Å². The number of nitrogens with two attached hydrogens (primary N) is 1. The van der Waals surface area contributed by atoms with Crippen molar-refractivity contribution in [2.75, 3.05) is 5.73 Å². The molecule has 2 N–H and O–H groups in total. The molecule has 0 aliphatic heterocycles. The van der Waals surface area contributed by atoms with Crippen LogP contribution < -0.4 is 5.73 Å². The average Bonchev–Trinajstić information content (AvgIpc) is 2.50. The number of nitrogens with zero attached hydrogens (tertiary/aromatic N) is 3. The molecule has 0 bridgehead atoms. The number of nitrogen functional groups attached to an aromatic ring is 1. The molecule has 0 aromatic carbocycles. The minimum Gasteiger partial charge on any atom is -0.396 e. The van der Waals surface area contributed by atoms with Crippen molar-refractivity contribution in [3.05, 3.63) is 33.1 Å². The van der Waals surface area contributed by atoms with Crippen molar-refractivity contribution in [2.45, 2.75) is 13.8 Å². The number of aromatic nitrogens is 3. The molecule has 0 fully saturated rings. The van der Waals surface area contributed by atoms with E-state index in [-0.39, 0.29) is 0 Å². The maximum absolute atomic E-state index is 5.85. The molecule has 0 radical (unpaired) electrons. The van der Waals surface area contributed by atoms with Crippen molar-refractivity contribution in [3.8, 4) is 5.82 Å². The number of aryl methyl sites for hydroxylation is 1. The van der Waals surface area contributed by atoms with Crippen molar-refractivity contribution in [2.24, 2.45) is 0 Å². The molecule has 2 rings (SSSR count). The van der Waals surface area contributed by atoms with Gasteiger partial charge in [-0.15, -0.1) is 0 Å². The highest BCUT2D eigenvalue weighted by Gasteiger charge is 2.13. The van der Waals surface area contributed by atoms with E-state index in [1.165, 1.54) is 0 Å². The van der Waals surface area contributed by atoms with E-state index in [4.69, 9.17) is 17.3 Å². The molecule has 16 heavy (non-hydrogen) atoms. The Bertz CT molecular complexity index is 550. The minimum absolute atomic E-state index is 0.396. The van der Waals surface area contributed by atoms with Gasteiger partial charge in [-0.1, -0.05) is 11.6 Å². The summed E-state index contributed by atoms with van der Waals surface area (Å²) in [6.07, 6.45) is 0.